The first-order chi connectivity index (χ1) is 21.1. The number of nitrogens with zero attached hydrogens (tertiary/aromatic N) is 2. The van der Waals surface area contributed by atoms with Crippen LogP contribution in [0.2, 0.25) is 0 Å². The lowest BCUT2D eigenvalue weighted by molar-refractivity contribution is -0.385. The summed E-state index contributed by atoms with van der Waals surface area (Å²) in [4.78, 5) is 41.4. The van der Waals surface area contributed by atoms with Gasteiger partial charge in [0.1, 0.15) is 0 Å². The SMILES string of the molecule is CCC1(C(=O)O)C(C)NC(C)C(CCOC/C=C/c2ccc(Cc3cccnc3)cc2)(C(=O)O)C1c1cccc([N+](=O)[O-])c1. The van der Waals surface area contributed by atoms with Crippen molar-refractivity contribution in [3.63, 3.8) is 0 Å². The first-order valence-corrected chi connectivity index (χ1v) is 14.8. The highest BCUT2D eigenvalue weighted by Crippen LogP contribution is 2.58. The molecule has 4 rings (SSSR count). The van der Waals surface area contributed by atoms with E-state index in [0.29, 0.717) is 5.56 Å². The van der Waals surface area contributed by atoms with E-state index in [0.717, 1.165) is 23.1 Å². The van der Waals surface area contributed by atoms with E-state index in [9.17, 15) is 29.9 Å². The number of hydrogen-bond acceptors (Lipinski definition) is 7. The number of pyridine rings is 1. The van der Waals surface area contributed by atoms with Crippen LogP contribution in [0.25, 0.3) is 6.08 Å². The maximum Gasteiger partial charge on any atom is 0.311 e. The monoisotopic (exact) mass is 601 g/mol. The molecule has 1 fully saturated rings. The maximum atomic E-state index is 13.2. The quantitative estimate of drug-likeness (QED) is 0.127. The summed E-state index contributed by atoms with van der Waals surface area (Å²) in [5.74, 6) is -3.39. The van der Waals surface area contributed by atoms with Crippen LogP contribution in [-0.4, -0.2) is 57.4 Å². The van der Waals surface area contributed by atoms with Gasteiger partial charge in [0.05, 0.1) is 22.4 Å². The summed E-state index contributed by atoms with van der Waals surface area (Å²) in [6.45, 7) is 5.45. The lowest BCUT2D eigenvalue weighted by atomic mass is 9.50. The molecule has 10 heteroatoms. The van der Waals surface area contributed by atoms with Crippen LogP contribution in [0.15, 0.2) is 79.1 Å². The zero-order valence-corrected chi connectivity index (χ0v) is 25.2. The van der Waals surface area contributed by atoms with Crippen LogP contribution >= 0.6 is 0 Å². The summed E-state index contributed by atoms with van der Waals surface area (Å²) >= 11 is 0. The van der Waals surface area contributed by atoms with Crippen molar-refractivity contribution in [1.82, 2.24) is 10.3 Å². The van der Waals surface area contributed by atoms with Gasteiger partial charge >= 0.3 is 11.9 Å². The zero-order valence-electron chi connectivity index (χ0n) is 25.2. The molecule has 2 heterocycles. The van der Waals surface area contributed by atoms with E-state index in [1.54, 1.807) is 33.0 Å². The number of aliphatic carboxylic acids is 2. The van der Waals surface area contributed by atoms with E-state index >= 15 is 0 Å². The molecule has 0 amide bonds. The number of carboxylic acid groups (broad SMARTS) is 2. The van der Waals surface area contributed by atoms with E-state index in [1.165, 1.54) is 18.2 Å². The Morgan fingerprint density at radius 1 is 1.02 bits per heavy atom. The Hall–Kier alpha value is -4.41. The summed E-state index contributed by atoms with van der Waals surface area (Å²) in [5.41, 5.74) is 0.225. The second-order valence-electron chi connectivity index (χ2n) is 11.4. The molecule has 0 aliphatic carbocycles. The van der Waals surface area contributed by atoms with E-state index in [-0.39, 0.29) is 31.7 Å². The van der Waals surface area contributed by atoms with Gasteiger partial charge in [-0.3, -0.25) is 24.7 Å². The highest BCUT2D eigenvalue weighted by atomic mass is 16.6. The molecule has 1 aromatic heterocycles. The smallest absolute Gasteiger partial charge is 0.311 e. The minimum Gasteiger partial charge on any atom is -0.481 e. The zero-order chi connectivity index (χ0) is 31.9. The van der Waals surface area contributed by atoms with Gasteiger partial charge < -0.3 is 20.3 Å². The van der Waals surface area contributed by atoms with Gasteiger partial charge in [0.15, 0.2) is 0 Å². The number of carbonyl (C=O) groups is 2. The van der Waals surface area contributed by atoms with Crippen LogP contribution in [0, 0.1) is 20.9 Å². The molecule has 3 N–H and O–H groups in total. The van der Waals surface area contributed by atoms with Crippen molar-refractivity contribution in [2.75, 3.05) is 13.2 Å². The minimum absolute atomic E-state index is 0.00247. The molecule has 1 aliphatic heterocycles. The van der Waals surface area contributed by atoms with E-state index in [2.05, 4.69) is 22.4 Å². The van der Waals surface area contributed by atoms with E-state index < -0.39 is 45.7 Å². The van der Waals surface area contributed by atoms with Gasteiger partial charge in [0.2, 0.25) is 0 Å². The van der Waals surface area contributed by atoms with Gasteiger partial charge in [0, 0.05) is 49.1 Å². The summed E-state index contributed by atoms with van der Waals surface area (Å²) in [7, 11) is 0. The molecular formula is C34H39N3O7. The summed E-state index contributed by atoms with van der Waals surface area (Å²) in [6, 6.07) is 16.5. The molecule has 10 nitrogen and oxygen atoms in total. The Morgan fingerprint density at radius 3 is 2.34 bits per heavy atom. The molecule has 3 aromatic rings. The van der Waals surface area contributed by atoms with Gasteiger partial charge in [-0.25, -0.2) is 0 Å². The number of hydrogen-bond donors (Lipinski definition) is 3. The molecule has 1 saturated heterocycles. The van der Waals surface area contributed by atoms with Crippen LogP contribution in [-0.2, 0) is 20.7 Å². The fourth-order valence-electron chi connectivity index (χ4n) is 6.85. The number of aromatic nitrogens is 1. The predicted octanol–water partition coefficient (Wildman–Crippen LogP) is 5.72. The number of ether oxygens (including phenoxy) is 1. The average Bonchev–Trinajstić information content (AvgIpc) is 3.00. The standard InChI is InChI=1S/C34H39N3O7/c1-4-33(31(38)39)23(2)36-24(3)34(32(40)41,30(33)28-10-5-11-29(21-28)37(42)43)16-19-44-18-7-9-25-12-14-26(15-13-25)20-27-8-6-17-35-22-27/h5-15,17,21-24,30,36H,4,16,18-20H2,1-3H3,(H,38,39)(H,40,41)/b9-7+. The Bertz CT molecular complexity index is 1490. The molecule has 0 spiro atoms. The third kappa shape index (κ3) is 6.41. The summed E-state index contributed by atoms with van der Waals surface area (Å²) < 4.78 is 5.88. The fraction of sp³-hybridized carbons (Fsp3) is 0.382. The topological polar surface area (TPSA) is 152 Å². The Labute approximate surface area is 257 Å². The molecule has 44 heavy (non-hydrogen) atoms. The van der Waals surface area contributed by atoms with Crippen LogP contribution in [0.4, 0.5) is 5.69 Å². The van der Waals surface area contributed by atoms with Crippen molar-refractivity contribution in [3.05, 3.63) is 112 Å². The number of nitrogens with one attached hydrogen (secondary N) is 1. The lowest BCUT2D eigenvalue weighted by Crippen LogP contribution is -2.69. The highest BCUT2D eigenvalue weighted by Gasteiger charge is 2.66. The first kappa shape index (κ1) is 32.5. The van der Waals surface area contributed by atoms with Crippen LogP contribution in [0.5, 0.6) is 0 Å². The minimum atomic E-state index is -1.62. The molecule has 0 saturated carbocycles. The number of piperidine rings is 1. The van der Waals surface area contributed by atoms with E-state index in [1.807, 2.05) is 42.6 Å². The number of benzene rings is 2. The van der Waals surface area contributed by atoms with Crippen molar-refractivity contribution >= 4 is 23.7 Å². The molecular weight excluding hydrogens is 562 g/mol. The normalized spacial score (nSPS) is 25.1. The number of nitro benzene ring substituents is 1. The second kappa shape index (κ2) is 13.9. The molecule has 232 valence electrons. The Kier molecular flexibility index (Phi) is 10.3. The Morgan fingerprint density at radius 2 is 1.73 bits per heavy atom. The summed E-state index contributed by atoms with van der Waals surface area (Å²) in [6.07, 6.45) is 8.28. The van der Waals surface area contributed by atoms with Gasteiger partial charge in [-0.05, 0) is 61.4 Å². The van der Waals surface area contributed by atoms with Crippen molar-refractivity contribution in [2.45, 2.75) is 58.0 Å². The summed E-state index contributed by atoms with van der Waals surface area (Å²) in [5, 5.41) is 36.3. The molecule has 0 radical (unpaired) electrons. The average molecular weight is 602 g/mol. The molecule has 1 aliphatic rings. The van der Waals surface area contributed by atoms with Crippen LogP contribution < -0.4 is 5.32 Å². The molecule has 2 aromatic carbocycles. The van der Waals surface area contributed by atoms with Crippen molar-refractivity contribution in [3.8, 4) is 0 Å². The third-order valence-corrected chi connectivity index (χ3v) is 9.17. The first-order valence-electron chi connectivity index (χ1n) is 14.8. The maximum absolute atomic E-state index is 13.2. The highest BCUT2D eigenvalue weighted by molar-refractivity contribution is 5.84. The van der Waals surface area contributed by atoms with Crippen molar-refractivity contribution in [2.24, 2.45) is 10.8 Å². The Balaban J connectivity index is 1.53. The number of nitro groups is 1. The number of carboxylic acids is 2. The second-order valence-corrected chi connectivity index (χ2v) is 11.4. The van der Waals surface area contributed by atoms with Gasteiger partial charge in [-0.15, -0.1) is 0 Å². The molecule has 0 bridgehead atoms. The molecule has 5 unspecified atom stereocenters. The van der Waals surface area contributed by atoms with E-state index in [4.69, 9.17) is 4.74 Å². The van der Waals surface area contributed by atoms with Gasteiger partial charge in [0.25, 0.3) is 5.69 Å². The lowest BCUT2D eigenvalue weighted by Gasteiger charge is -2.57. The molecule has 5 atom stereocenters. The third-order valence-electron chi connectivity index (χ3n) is 9.17. The van der Waals surface area contributed by atoms with Crippen molar-refractivity contribution in [1.29, 1.82) is 0 Å². The van der Waals surface area contributed by atoms with Gasteiger partial charge in [-0.1, -0.05) is 61.5 Å². The van der Waals surface area contributed by atoms with Gasteiger partial charge in [-0.2, -0.15) is 0 Å². The number of rotatable bonds is 13. The predicted molar refractivity (Wildman–Crippen MR) is 166 cm³/mol. The fourth-order valence-corrected chi connectivity index (χ4v) is 6.85. The van der Waals surface area contributed by atoms with Crippen LogP contribution in [0.1, 0.15) is 61.8 Å². The van der Waals surface area contributed by atoms with Crippen LogP contribution in [0.3, 0.4) is 0 Å². The van der Waals surface area contributed by atoms with Crippen molar-refractivity contribution < 1.29 is 29.5 Å². The largest absolute Gasteiger partial charge is 0.481 e. The number of non-ortho nitro benzene ring substituents is 1.